The molecule has 1 amide bonds. The molecule has 0 spiro atoms. The highest BCUT2D eigenvalue weighted by Crippen LogP contribution is 2.33. The number of halogens is 1. The van der Waals surface area contributed by atoms with Crippen LogP contribution < -0.4 is 5.73 Å². The highest BCUT2D eigenvalue weighted by molar-refractivity contribution is 6.34. The van der Waals surface area contributed by atoms with Gasteiger partial charge in [0, 0.05) is 19.2 Å². The minimum Gasteiger partial charge on any atom is -0.463 e. The Morgan fingerprint density at radius 2 is 1.92 bits per heavy atom. The minimum absolute atomic E-state index is 0.313. The molecule has 1 aliphatic heterocycles. The molecule has 0 saturated heterocycles. The van der Waals surface area contributed by atoms with Crippen LogP contribution in [0.1, 0.15) is 30.5 Å². The first-order valence-corrected chi connectivity index (χ1v) is 8.71. The van der Waals surface area contributed by atoms with Crippen molar-refractivity contribution < 1.29 is 19.1 Å². The zero-order valence-corrected chi connectivity index (χ0v) is 15.3. The molecular formula is C18H23ClN2O4. The summed E-state index contributed by atoms with van der Waals surface area (Å²) in [5, 5.41) is 0.478. The number of anilines is 1. The van der Waals surface area contributed by atoms with Crippen molar-refractivity contribution in [2.24, 2.45) is 0 Å². The van der Waals surface area contributed by atoms with E-state index >= 15 is 0 Å². The molecule has 1 aliphatic rings. The number of hydrogen-bond donors (Lipinski definition) is 1. The van der Waals surface area contributed by atoms with Gasteiger partial charge >= 0.3 is 12.1 Å². The lowest BCUT2D eigenvalue weighted by Gasteiger charge is -2.18. The molecule has 0 radical (unpaired) electrons. The highest BCUT2D eigenvalue weighted by atomic mass is 35.5. The first-order chi connectivity index (χ1) is 12.0. The van der Waals surface area contributed by atoms with E-state index in [0.29, 0.717) is 55.4 Å². The molecule has 1 heterocycles. The number of esters is 1. The van der Waals surface area contributed by atoms with Gasteiger partial charge in [-0.15, -0.1) is 0 Å². The van der Waals surface area contributed by atoms with E-state index in [1.807, 2.05) is 6.07 Å². The van der Waals surface area contributed by atoms with Crippen LogP contribution in [0.15, 0.2) is 12.1 Å². The predicted molar refractivity (Wildman–Crippen MR) is 97.5 cm³/mol. The summed E-state index contributed by atoms with van der Waals surface area (Å²) in [6.07, 6.45) is 3.88. The number of benzene rings is 1. The maximum Gasteiger partial charge on any atom is 0.409 e. The smallest absolute Gasteiger partial charge is 0.409 e. The maximum atomic E-state index is 11.9. The topological polar surface area (TPSA) is 81.9 Å². The minimum atomic E-state index is -0.429. The van der Waals surface area contributed by atoms with Crippen molar-refractivity contribution in [3.8, 4) is 0 Å². The molecule has 0 bridgehead atoms. The molecule has 1 aromatic carbocycles. The summed E-state index contributed by atoms with van der Waals surface area (Å²) < 4.78 is 9.94. The highest BCUT2D eigenvalue weighted by Gasteiger charge is 2.22. The molecule has 0 unspecified atom stereocenters. The van der Waals surface area contributed by atoms with E-state index in [1.165, 1.54) is 6.08 Å². The van der Waals surface area contributed by atoms with Crippen LogP contribution in [0.3, 0.4) is 0 Å². The van der Waals surface area contributed by atoms with Crippen LogP contribution in [0.25, 0.3) is 6.08 Å². The van der Waals surface area contributed by atoms with Crippen LogP contribution in [-0.2, 0) is 27.1 Å². The summed E-state index contributed by atoms with van der Waals surface area (Å²) in [4.78, 5) is 25.1. The Balaban J connectivity index is 2.24. The molecule has 25 heavy (non-hydrogen) atoms. The van der Waals surface area contributed by atoms with E-state index in [9.17, 15) is 9.59 Å². The van der Waals surface area contributed by atoms with Gasteiger partial charge in [0.15, 0.2) is 0 Å². The van der Waals surface area contributed by atoms with Crippen LogP contribution >= 0.6 is 11.6 Å². The third-order valence-electron chi connectivity index (χ3n) is 4.02. The molecule has 7 heteroatoms. The van der Waals surface area contributed by atoms with Gasteiger partial charge in [-0.25, -0.2) is 9.59 Å². The summed E-state index contributed by atoms with van der Waals surface area (Å²) in [7, 11) is 0. The van der Waals surface area contributed by atoms with E-state index < -0.39 is 5.97 Å². The maximum absolute atomic E-state index is 11.9. The van der Waals surface area contributed by atoms with Gasteiger partial charge in [-0.3, -0.25) is 0 Å². The Labute approximate surface area is 152 Å². The summed E-state index contributed by atoms with van der Waals surface area (Å²) >= 11 is 6.44. The van der Waals surface area contributed by atoms with Crippen molar-refractivity contribution in [1.29, 1.82) is 0 Å². The number of carbonyl (C=O) groups is 2. The third-order valence-corrected chi connectivity index (χ3v) is 4.46. The average Bonchev–Trinajstić information content (AvgIpc) is 2.80. The average molecular weight is 367 g/mol. The molecule has 1 aromatic rings. The number of nitrogens with zero attached hydrogens (tertiary/aromatic N) is 1. The van der Waals surface area contributed by atoms with Crippen molar-refractivity contribution in [3.63, 3.8) is 0 Å². The van der Waals surface area contributed by atoms with E-state index in [4.69, 9.17) is 26.8 Å². The van der Waals surface area contributed by atoms with Crippen molar-refractivity contribution in [3.05, 3.63) is 33.9 Å². The summed E-state index contributed by atoms with van der Waals surface area (Å²) in [5.41, 5.74) is 9.18. The van der Waals surface area contributed by atoms with Gasteiger partial charge in [0.25, 0.3) is 0 Å². The zero-order valence-electron chi connectivity index (χ0n) is 14.5. The Bertz CT molecular complexity index is 688. The fourth-order valence-electron chi connectivity index (χ4n) is 2.77. The number of ether oxygens (including phenoxy) is 2. The Hall–Kier alpha value is -2.21. The molecule has 0 saturated carbocycles. The second kappa shape index (κ2) is 8.76. The van der Waals surface area contributed by atoms with Crippen molar-refractivity contribution >= 4 is 35.4 Å². The van der Waals surface area contributed by atoms with Crippen LogP contribution in [0.2, 0.25) is 5.02 Å². The molecule has 136 valence electrons. The molecular weight excluding hydrogens is 344 g/mol. The molecule has 0 fully saturated rings. The van der Waals surface area contributed by atoms with E-state index in [-0.39, 0.29) is 6.09 Å². The van der Waals surface area contributed by atoms with Gasteiger partial charge in [-0.2, -0.15) is 0 Å². The number of nitrogen functional groups attached to an aromatic ring is 1. The second-order valence-electron chi connectivity index (χ2n) is 5.60. The lowest BCUT2D eigenvalue weighted by atomic mass is 9.98. The lowest BCUT2D eigenvalue weighted by molar-refractivity contribution is -0.137. The molecule has 6 nitrogen and oxygen atoms in total. The predicted octanol–water partition coefficient (Wildman–Crippen LogP) is 3.06. The third kappa shape index (κ3) is 4.66. The normalized spacial score (nSPS) is 14.1. The number of hydrogen-bond acceptors (Lipinski definition) is 5. The lowest BCUT2D eigenvalue weighted by Crippen LogP contribution is -2.33. The molecule has 0 aliphatic carbocycles. The van der Waals surface area contributed by atoms with E-state index in [2.05, 4.69) is 0 Å². The van der Waals surface area contributed by atoms with Gasteiger partial charge in [0.2, 0.25) is 0 Å². The molecule has 0 atom stereocenters. The number of rotatable bonds is 4. The van der Waals surface area contributed by atoms with Crippen molar-refractivity contribution in [2.75, 3.05) is 32.0 Å². The standard InChI is InChI=1S/C18H23ClN2O4/c1-3-24-15(22)6-5-13-11-12-7-9-21(18(23)25-4-2)10-8-14(12)16(19)17(13)20/h5-6,11H,3-4,7-10,20H2,1-2H3. The molecule has 2 N–H and O–H groups in total. The van der Waals surface area contributed by atoms with Crippen LogP contribution in [0.5, 0.6) is 0 Å². The van der Waals surface area contributed by atoms with Gasteiger partial charge in [0.05, 0.1) is 23.9 Å². The first kappa shape index (κ1) is 19.1. The van der Waals surface area contributed by atoms with E-state index in [1.54, 1.807) is 24.8 Å². The SMILES string of the molecule is CCOC(=O)C=Cc1cc2c(c(Cl)c1N)CCN(C(=O)OCC)CC2. The monoisotopic (exact) mass is 366 g/mol. The van der Waals surface area contributed by atoms with Crippen LogP contribution in [-0.4, -0.2) is 43.3 Å². The Morgan fingerprint density at radius 1 is 1.24 bits per heavy atom. The fourth-order valence-corrected chi connectivity index (χ4v) is 3.10. The quantitative estimate of drug-likeness (QED) is 0.503. The van der Waals surface area contributed by atoms with Crippen molar-refractivity contribution in [2.45, 2.75) is 26.7 Å². The molecule has 2 rings (SSSR count). The Morgan fingerprint density at radius 3 is 2.60 bits per heavy atom. The summed E-state index contributed by atoms with van der Waals surface area (Å²) in [5.74, 6) is -0.429. The summed E-state index contributed by atoms with van der Waals surface area (Å²) in [6, 6.07) is 1.92. The van der Waals surface area contributed by atoms with Gasteiger partial charge in [-0.05, 0) is 55.5 Å². The number of amides is 1. The van der Waals surface area contributed by atoms with Gasteiger partial charge in [0.1, 0.15) is 0 Å². The Kier molecular flexibility index (Phi) is 6.70. The second-order valence-corrected chi connectivity index (χ2v) is 5.98. The van der Waals surface area contributed by atoms with Gasteiger partial charge < -0.3 is 20.1 Å². The summed E-state index contributed by atoms with van der Waals surface area (Å²) in [6.45, 7) is 5.26. The fraction of sp³-hybridized carbons (Fsp3) is 0.444. The number of nitrogens with two attached hydrogens (primary N) is 1. The molecule has 0 aromatic heterocycles. The van der Waals surface area contributed by atoms with Gasteiger partial charge in [-0.1, -0.05) is 11.6 Å². The van der Waals surface area contributed by atoms with Crippen LogP contribution in [0.4, 0.5) is 10.5 Å². The number of fused-ring (bicyclic) bond motifs is 1. The number of carbonyl (C=O) groups excluding carboxylic acids is 2. The largest absolute Gasteiger partial charge is 0.463 e. The van der Waals surface area contributed by atoms with Crippen molar-refractivity contribution in [1.82, 2.24) is 4.90 Å². The van der Waals surface area contributed by atoms with E-state index in [0.717, 1.165) is 11.1 Å². The first-order valence-electron chi connectivity index (χ1n) is 8.34. The zero-order chi connectivity index (χ0) is 18.4. The van der Waals surface area contributed by atoms with Crippen LogP contribution in [0, 0.1) is 0 Å².